The lowest BCUT2D eigenvalue weighted by Crippen LogP contribution is -2.24. The summed E-state index contributed by atoms with van der Waals surface area (Å²) in [5.41, 5.74) is 4.18. The standard InChI is InChI=1S/C24H31ClN4OS/c1-5-28(6-2)12-7-13-29-23(26-27-24(29)31)20-10-8-19(9-11-20)16-30-21-14-17(3)22(25)18(4)15-21/h8-11,14-15H,5-7,12-13,16H2,1-4H3,(H,27,31). The predicted octanol–water partition coefficient (Wildman–Crippen LogP) is 6.19. The van der Waals surface area contributed by atoms with Gasteiger partial charge in [-0.2, -0.15) is 5.10 Å². The highest BCUT2D eigenvalue weighted by atomic mass is 35.5. The van der Waals surface area contributed by atoms with Gasteiger partial charge in [-0.3, -0.25) is 5.10 Å². The molecule has 7 heteroatoms. The zero-order valence-corrected chi connectivity index (χ0v) is 20.3. The number of aryl methyl sites for hydroxylation is 2. The van der Waals surface area contributed by atoms with Crippen molar-refractivity contribution in [1.82, 2.24) is 19.7 Å². The molecule has 166 valence electrons. The van der Waals surface area contributed by atoms with Crippen LogP contribution < -0.4 is 4.74 Å². The molecule has 1 aromatic heterocycles. The highest BCUT2D eigenvalue weighted by Crippen LogP contribution is 2.26. The van der Waals surface area contributed by atoms with Crippen molar-refractivity contribution in [3.8, 4) is 17.1 Å². The summed E-state index contributed by atoms with van der Waals surface area (Å²) in [5.74, 6) is 1.71. The van der Waals surface area contributed by atoms with Crippen molar-refractivity contribution in [2.45, 2.75) is 47.3 Å². The Morgan fingerprint density at radius 1 is 1.10 bits per heavy atom. The number of ether oxygens (including phenoxy) is 1. The maximum Gasteiger partial charge on any atom is 0.195 e. The van der Waals surface area contributed by atoms with E-state index in [1.165, 1.54) is 0 Å². The largest absolute Gasteiger partial charge is 0.489 e. The molecular weight excluding hydrogens is 428 g/mol. The normalized spacial score (nSPS) is 11.3. The average Bonchev–Trinajstić information content (AvgIpc) is 3.14. The quantitative estimate of drug-likeness (QED) is 0.368. The number of halogens is 1. The highest BCUT2D eigenvalue weighted by molar-refractivity contribution is 7.71. The summed E-state index contributed by atoms with van der Waals surface area (Å²) in [6.07, 6.45) is 1.04. The van der Waals surface area contributed by atoms with Crippen LogP contribution in [0.15, 0.2) is 36.4 Å². The molecule has 5 nitrogen and oxygen atoms in total. The van der Waals surface area contributed by atoms with E-state index in [2.05, 4.69) is 57.8 Å². The van der Waals surface area contributed by atoms with Crippen LogP contribution in [0.25, 0.3) is 11.4 Å². The molecule has 0 spiro atoms. The van der Waals surface area contributed by atoms with Gasteiger partial charge >= 0.3 is 0 Å². The Labute approximate surface area is 195 Å². The number of rotatable bonds is 10. The van der Waals surface area contributed by atoms with E-state index < -0.39 is 0 Å². The van der Waals surface area contributed by atoms with Crippen molar-refractivity contribution < 1.29 is 4.74 Å². The summed E-state index contributed by atoms with van der Waals surface area (Å²) >= 11 is 11.7. The van der Waals surface area contributed by atoms with Crippen LogP contribution in [-0.2, 0) is 13.2 Å². The molecule has 1 heterocycles. The number of benzene rings is 2. The first-order chi connectivity index (χ1) is 14.9. The van der Waals surface area contributed by atoms with Gasteiger partial charge in [-0.05, 0) is 80.9 Å². The molecule has 0 atom stereocenters. The van der Waals surface area contributed by atoms with Gasteiger partial charge in [0.05, 0.1) is 0 Å². The zero-order chi connectivity index (χ0) is 22.4. The predicted molar refractivity (Wildman–Crippen MR) is 131 cm³/mol. The molecule has 0 aliphatic heterocycles. The monoisotopic (exact) mass is 458 g/mol. The first-order valence-electron chi connectivity index (χ1n) is 10.8. The van der Waals surface area contributed by atoms with E-state index in [4.69, 9.17) is 28.6 Å². The van der Waals surface area contributed by atoms with Crippen LogP contribution in [0, 0.1) is 18.6 Å². The number of hydrogen-bond acceptors (Lipinski definition) is 4. The van der Waals surface area contributed by atoms with Gasteiger partial charge in [0, 0.05) is 17.1 Å². The van der Waals surface area contributed by atoms with Crippen LogP contribution >= 0.6 is 23.8 Å². The second-order valence-electron chi connectivity index (χ2n) is 7.74. The Bertz CT molecular complexity index is 1030. The fourth-order valence-electron chi connectivity index (χ4n) is 3.64. The van der Waals surface area contributed by atoms with Gasteiger partial charge in [-0.1, -0.05) is 49.7 Å². The Morgan fingerprint density at radius 3 is 2.35 bits per heavy atom. The van der Waals surface area contributed by atoms with Crippen molar-refractivity contribution in [3.63, 3.8) is 0 Å². The van der Waals surface area contributed by atoms with E-state index in [9.17, 15) is 0 Å². The van der Waals surface area contributed by atoms with E-state index in [0.29, 0.717) is 11.4 Å². The van der Waals surface area contributed by atoms with E-state index >= 15 is 0 Å². The third-order valence-electron chi connectivity index (χ3n) is 5.54. The second kappa shape index (κ2) is 10.9. The molecule has 0 bridgehead atoms. The lowest BCUT2D eigenvalue weighted by atomic mass is 10.1. The first-order valence-corrected chi connectivity index (χ1v) is 11.6. The molecule has 3 rings (SSSR count). The van der Waals surface area contributed by atoms with Gasteiger partial charge in [0.2, 0.25) is 0 Å². The van der Waals surface area contributed by atoms with Gasteiger partial charge < -0.3 is 14.2 Å². The van der Waals surface area contributed by atoms with Crippen molar-refractivity contribution >= 4 is 23.8 Å². The zero-order valence-electron chi connectivity index (χ0n) is 18.7. The molecule has 0 amide bonds. The number of aromatic amines is 1. The molecule has 0 aliphatic carbocycles. The topological polar surface area (TPSA) is 46.1 Å². The summed E-state index contributed by atoms with van der Waals surface area (Å²) < 4.78 is 8.72. The molecule has 0 aliphatic rings. The number of hydrogen-bond donors (Lipinski definition) is 1. The molecule has 2 aromatic carbocycles. The minimum atomic E-state index is 0.498. The van der Waals surface area contributed by atoms with Crippen LogP contribution in [0.5, 0.6) is 5.75 Å². The lowest BCUT2D eigenvalue weighted by Gasteiger charge is -2.18. The van der Waals surface area contributed by atoms with Crippen molar-refractivity contribution in [2.75, 3.05) is 19.6 Å². The van der Waals surface area contributed by atoms with Gasteiger partial charge in [0.1, 0.15) is 12.4 Å². The Morgan fingerprint density at radius 2 is 1.74 bits per heavy atom. The maximum absolute atomic E-state index is 6.24. The fourth-order valence-corrected chi connectivity index (χ4v) is 3.98. The summed E-state index contributed by atoms with van der Waals surface area (Å²) in [4.78, 5) is 2.42. The Balaban J connectivity index is 1.66. The second-order valence-corrected chi connectivity index (χ2v) is 8.51. The van der Waals surface area contributed by atoms with Gasteiger partial charge in [-0.25, -0.2) is 0 Å². The van der Waals surface area contributed by atoms with E-state index in [1.54, 1.807) is 0 Å². The minimum absolute atomic E-state index is 0.498. The van der Waals surface area contributed by atoms with Crippen LogP contribution in [0.1, 0.15) is 37.0 Å². The van der Waals surface area contributed by atoms with Crippen LogP contribution in [0.4, 0.5) is 0 Å². The third kappa shape index (κ3) is 5.97. The molecular formula is C24H31ClN4OS. The van der Waals surface area contributed by atoms with E-state index in [1.807, 2.05) is 26.0 Å². The van der Waals surface area contributed by atoms with Crippen LogP contribution in [0.2, 0.25) is 5.02 Å². The fraction of sp³-hybridized carbons (Fsp3) is 0.417. The van der Waals surface area contributed by atoms with Crippen molar-refractivity contribution in [2.24, 2.45) is 0 Å². The third-order valence-corrected chi connectivity index (χ3v) is 6.44. The number of aromatic nitrogens is 3. The summed E-state index contributed by atoms with van der Waals surface area (Å²) in [5, 5.41) is 8.20. The first kappa shape index (κ1) is 23.5. The Hall–Kier alpha value is -2.15. The summed E-state index contributed by atoms with van der Waals surface area (Å²) in [6.45, 7) is 12.9. The number of nitrogens with zero attached hydrogens (tertiary/aromatic N) is 3. The summed E-state index contributed by atoms with van der Waals surface area (Å²) in [7, 11) is 0. The van der Waals surface area contributed by atoms with Gasteiger partial charge in [0.25, 0.3) is 0 Å². The molecule has 0 fully saturated rings. The summed E-state index contributed by atoms with van der Waals surface area (Å²) in [6, 6.07) is 12.2. The molecule has 0 saturated heterocycles. The Kier molecular flexibility index (Phi) is 8.29. The highest BCUT2D eigenvalue weighted by Gasteiger charge is 2.10. The van der Waals surface area contributed by atoms with E-state index in [0.717, 1.165) is 71.5 Å². The van der Waals surface area contributed by atoms with Crippen molar-refractivity contribution in [1.29, 1.82) is 0 Å². The SMILES string of the molecule is CCN(CC)CCCn1c(-c2ccc(COc3cc(C)c(Cl)c(C)c3)cc2)n[nH]c1=S. The van der Waals surface area contributed by atoms with Crippen LogP contribution in [-0.4, -0.2) is 39.3 Å². The number of nitrogens with one attached hydrogen (secondary N) is 1. The van der Waals surface area contributed by atoms with Gasteiger partial charge in [0.15, 0.2) is 10.6 Å². The van der Waals surface area contributed by atoms with Gasteiger partial charge in [-0.15, -0.1) is 0 Å². The van der Waals surface area contributed by atoms with Crippen molar-refractivity contribution in [3.05, 3.63) is 62.9 Å². The molecule has 0 saturated carbocycles. The van der Waals surface area contributed by atoms with Crippen LogP contribution in [0.3, 0.4) is 0 Å². The molecule has 0 unspecified atom stereocenters. The maximum atomic E-state index is 6.24. The average molecular weight is 459 g/mol. The molecule has 1 N–H and O–H groups in total. The molecule has 0 radical (unpaired) electrons. The molecule has 3 aromatic rings. The smallest absolute Gasteiger partial charge is 0.195 e. The number of H-pyrrole nitrogens is 1. The minimum Gasteiger partial charge on any atom is -0.489 e. The van der Waals surface area contributed by atoms with E-state index in [-0.39, 0.29) is 0 Å². The lowest BCUT2D eigenvalue weighted by molar-refractivity contribution is 0.293. The molecule has 31 heavy (non-hydrogen) atoms.